The summed E-state index contributed by atoms with van der Waals surface area (Å²) in [5.41, 5.74) is 0.537. The van der Waals surface area contributed by atoms with Crippen molar-refractivity contribution in [1.82, 2.24) is 10.2 Å². The molecule has 2 unspecified atom stereocenters. The minimum atomic E-state index is 0.537. The van der Waals surface area contributed by atoms with Crippen LogP contribution in [0.15, 0.2) is 0 Å². The predicted octanol–water partition coefficient (Wildman–Crippen LogP) is 2.11. The molecule has 2 heterocycles. The maximum absolute atomic E-state index is 3.55. The molecule has 0 aromatic carbocycles. The lowest BCUT2D eigenvalue weighted by Crippen LogP contribution is -2.54. The topological polar surface area (TPSA) is 15.3 Å². The van der Waals surface area contributed by atoms with Crippen molar-refractivity contribution in [2.45, 2.75) is 46.1 Å². The van der Waals surface area contributed by atoms with E-state index < -0.39 is 0 Å². The molecule has 2 aliphatic heterocycles. The first-order chi connectivity index (χ1) is 7.08. The van der Waals surface area contributed by atoms with Crippen LogP contribution < -0.4 is 5.32 Å². The highest BCUT2D eigenvalue weighted by Crippen LogP contribution is 2.31. The number of nitrogens with zero attached hydrogens (tertiary/aromatic N) is 1. The van der Waals surface area contributed by atoms with Crippen LogP contribution in [0, 0.1) is 11.3 Å². The number of rotatable bonds is 1. The van der Waals surface area contributed by atoms with Gasteiger partial charge in [0.15, 0.2) is 0 Å². The lowest BCUT2D eigenvalue weighted by Gasteiger charge is -2.46. The summed E-state index contributed by atoms with van der Waals surface area (Å²) in [6.07, 6.45) is 4.13. The van der Waals surface area contributed by atoms with Crippen LogP contribution in [0.25, 0.3) is 0 Å². The number of likely N-dealkylation sites (tertiary alicyclic amines) is 1. The van der Waals surface area contributed by atoms with Crippen molar-refractivity contribution in [2.24, 2.45) is 11.3 Å². The molecular weight excluding hydrogens is 184 g/mol. The highest BCUT2D eigenvalue weighted by Gasteiger charge is 2.33. The van der Waals surface area contributed by atoms with E-state index in [1.54, 1.807) is 0 Å². The van der Waals surface area contributed by atoms with Crippen LogP contribution in [0.4, 0.5) is 0 Å². The van der Waals surface area contributed by atoms with E-state index in [-0.39, 0.29) is 0 Å². The lowest BCUT2D eigenvalue weighted by atomic mass is 9.82. The summed E-state index contributed by atoms with van der Waals surface area (Å²) in [6.45, 7) is 12.3. The van der Waals surface area contributed by atoms with Crippen molar-refractivity contribution in [3.8, 4) is 0 Å². The smallest absolute Gasteiger partial charge is 0.0246 e. The second-order valence-electron chi connectivity index (χ2n) is 6.28. The third kappa shape index (κ3) is 2.73. The van der Waals surface area contributed by atoms with E-state index in [2.05, 4.69) is 31.0 Å². The van der Waals surface area contributed by atoms with Gasteiger partial charge in [-0.2, -0.15) is 0 Å². The van der Waals surface area contributed by atoms with Crippen molar-refractivity contribution in [2.75, 3.05) is 26.2 Å². The fourth-order valence-corrected chi connectivity index (χ4v) is 3.21. The Labute approximate surface area is 94.4 Å². The molecule has 2 saturated heterocycles. The first-order valence-electron chi connectivity index (χ1n) is 6.53. The molecule has 88 valence electrons. The monoisotopic (exact) mass is 210 g/mol. The SMILES string of the molecule is CC1CCNCC1N1CCCC(C)(C)C1. The maximum atomic E-state index is 3.55. The van der Waals surface area contributed by atoms with Gasteiger partial charge in [-0.25, -0.2) is 0 Å². The van der Waals surface area contributed by atoms with Gasteiger partial charge >= 0.3 is 0 Å². The molecule has 2 aliphatic rings. The first kappa shape index (κ1) is 11.4. The minimum absolute atomic E-state index is 0.537. The van der Waals surface area contributed by atoms with Crippen LogP contribution in [0.2, 0.25) is 0 Å². The lowest BCUT2D eigenvalue weighted by molar-refractivity contribution is 0.0445. The van der Waals surface area contributed by atoms with Crippen LogP contribution in [0.3, 0.4) is 0 Å². The normalized spacial score (nSPS) is 37.8. The zero-order valence-electron chi connectivity index (χ0n) is 10.6. The second-order valence-corrected chi connectivity index (χ2v) is 6.28. The first-order valence-corrected chi connectivity index (χ1v) is 6.53. The molecule has 1 N–H and O–H groups in total. The van der Waals surface area contributed by atoms with E-state index in [0.29, 0.717) is 5.41 Å². The van der Waals surface area contributed by atoms with Crippen LogP contribution in [-0.4, -0.2) is 37.1 Å². The Hall–Kier alpha value is -0.0800. The molecule has 2 heteroatoms. The number of nitrogens with one attached hydrogen (secondary N) is 1. The third-order valence-electron chi connectivity index (χ3n) is 4.19. The van der Waals surface area contributed by atoms with E-state index in [1.807, 2.05) is 0 Å². The standard InChI is InChI=1S/C13H26N2/c1-11-5-7-14-9-12(11)15-8-4-6-13(2,3)10-15/h11-12,14H,4-10H2,1-3H3. The Bertz CT molecular complexity index is 213. The van der Waals surface area contributed by atoms with Crippen LogP contribution >= 0.6 is 0 Å². The highest BCUT2D eigenvalue weighted by molar-refractivity contribution is 4.89. The Morgan fingerprint density at radius 1 is 1.33 bits per heavy atom. The maximum Gasteiger partial charge on any atom is 0.0246 e. The van der Waals surface area contributed by atoms with Gasteiger partial charge in [0.25, 0.3) is 0 Å². The van der Waals surface area contributed by atoms with Gasteiger partial charge in [0.05, 0.1) is 0 Å². The van der Waals surface area contributed by atoms with Crippen molar-refractivity contribution in [1.29, 1.82) is 0 Å². The molecule has 0 radical (unpaired) electrons. The summed E-state index contributed by atoms with van der Waals surface area (Å²) in [7, 11) is 0. The molecule has 0 aromatic rings. The van der Waals surface area contributed by atoms with Gasteiger partial charge in [0.2, 0.25) is 0 Å². The fourth-order valence-electron chi connectivity index (χ4n) is 3.21. The predicted molar refractivity (Wildman–Crippen MR) is 65.0 cm³/mol. The molecule has 15 heavy (non-hydrogen) atoms. The zero-order valence-corrected chi connectivity index (χ0v) is 10.6. The highest BCUT2D eigenvalue weighted by atomic mass is 15.2. The molecular formula is C13H26N2. The average Bonchev–Trinajstić information content (AvgIpc) is 2.17. The number of hydrogen-bond acceptors (Lipinski definition) is 2. The van der Waals surface area contributed by atoms with Gasteiger partial charge in [-0.3, -0.25) is 4.90 Å². The fraction of sp³-hybridized carbons (Fsp3) is 1.00. The summed E-state index contributed by atoms with van der Waals surface area (Å²) < 4.78 is 0. The third-order valence-corrected chi connectivity index (χ3v) is 4.19. The van der Waals surface area contributed by atoms with Gasteiger partial charge in [0.1, 0.15) is 0 Å². The molecule has 2 rings (SSSR count). The average molecular weight is 210 g/mol. The molecule has 0 aliphatic carbocycles. The molecule has 0 bridgehead atoms. The van der Waals surface area contributed by atoms with Crippen molar-refractivity contribution in [3.63, 3.8) is 0 Å². The Morgan fingerprint density at radius 2 is 2.13 bits per heavy atom. The van der Waals surface area contributed by atoms with Crippen LogP contribution in [0.1, 0.15) is 40.0 Å². The molecule has 2 nitrogen and oxygen atoms in total. The molecule has 0 saturated carbocycles. The largest absolute Gasteiger partial charge is 0.315 e. The summed E-state index contributed by atoms with van der Waals surface area (Å²) in [5, 5.41) is 3.55. The van der Waals surface area contributed by atoms with Gasteiger partial charge in [0, 0.05) is 19.1 Å². The Kier molecular flexibility index (Phi) is 3.36. The van der Waals surface area contributed by atoms with Crippen molar-refractivity contribution in [3.05, 3.63) is 0 Å². The van der Waals surface area contributed by atoms with E-state index in [1.165, 1.54) is 45.4 Å². The summed E-state index contributed by atoms with van der Waals surface area (Å²) in [5.74, 6) is 0.875. The molecule has 2 atom stereocenters. The molecule has 2 fully saturated rings. The molecule has 0 amide bonds. The quantitative estimate of drug-likeness (QED) is 0.713. The Morgan fingerprint density at radius 3 is 2.80 bits per heavy atom. The van der Waals surface area contributed by atoms with E-state index in [4.69, 9.17) is 0 Å². The number of hydrogen-bond donors (Lipinski definition) is 1. The molecule has 0 spiro atoms. The summed E-state index contributed by atoms with van der Waals surface area (Å²) in [4.78, 5) is 2.74. The Balaban J connectivity index is 1.96. The minimum Gasteiger partial charge on any atom is -0.315 e. The number of piperidine rings is 2. The van der Waals surface area contributed by atoms with Gasteiger partial charge in [-0.05, 0) is 43.7 Å². The summed E-state index contributed by atoms with van der Waals surface area (Å²) in [6, 6.07) is 0.790. The van der Waals surface area contributed by atoms with Crippen LogP contribution in [-0.2, 0) is 0 Å². The van der Waals surface area contributed by atoms with E-state index in [9.17, 15) is 0 Å². The summed E-state index contributed by atoms with van der Waals surface area (Å²) >= 11 is 0. The molecule has 0 aromatic heterocycles. The van der Waals surface area contributed by atoms with Gasteiger partial charge in [-0.1, -0.05) is 20.8 Å². The van der Waals surface area contributed by atoms with E-state index in [0.717, 1.165) is 12.0 Å². The van der Waals surface area contributed by atoms with Crippen LogP contribution in [0.5, 0.6) is 0 Å². The van der Waals surface area contributed by atoms with E-state index >= 15 is 0 Å². The van der Waals surface area contributed by atoms with Crippen molar-refractivity contribution < 1.29 is 0 Å². The van der Waals surface area contributed by atoms with Gasteiger partial charge < -0.3 is 5.32 Å². The zero-order chi connectivity index (χ0) is 10.9. The van der Waals surface area contributed by atoms with Crippen molar-refractivity contribution >= 4 is 0 Å². The van der Waals surface area contributed by atoms with Gasteiger partial charge in [-0.15, -0.1) is 0 Å². The second kappa shape index (κ2) is 4.42.